The fourth-order valence-corrected chi connectivity index (χ4v) is 1.87. The molecule has 2 rings (SSSR count). The van der Waals surface area contributed by atoms with E-state index in [1.807, 2.05) is 0 Å². The Bertz CT molecular complexity index is 601. The minimum Gasteiger partial charge on any atom is -0.295 e. The molecule has 0 saturated heterocycles. The number of hydrogen-bond acceptors (Lipinski definition) is 1. The van der Waals surface area contributed by atoms with E-state index in [2.05, 4.69) is 0 Å². The van der Waals surface area contributed by atoms with Gasteiger partial charge in [0.25, 0.3) is 0 Å². The second kappa shape index (κ2) is 4.88. The lowest BCUT2D eigenvalue weighted by Gasteiger charge is -2.14. The minimum atomic E-state index is -4.49. The summed E-state index contributed by atoms with van der Waals surface area (Å²) in [4.78, 5) is 11.2. The van der Waals surface area contributed by atoms with E-state index in [4.69, 9.17) is 0 Å². The van der Waals surface area contributed by atoms with Gasteiger partial charge in [-0.15, -0.1) is 0 Å². The number of Topliss-reactive ketones (excluding diaryl/α,β-unsaturated/α-hetero) is 1. The van der Waals surface area contributed by atoms with Crippen LogP contribution in [0.3, 0.4) is 0 Å². The van der Waals surface area contributed by atoms with Gasteiger partial charge in [0.15, 0.2) is 5.78 Å². The summed E-state index contributed by atoms with van der Waals surface area (Å²) in [7, 11) is 0. The zero-order valence-electron chi connectivity index (χ0n) is 10.2. The van der Waals surface area contributed by atoms with Gasteiger partial charge in [-0.3, -0.25) is 4.79 Å². The molecule has 1 nitrogen and oxygen atoms in total. The Kier molecular flexibility index (Phi) is 3.42. The predicted octanol–water partition coefficient (Wildman–Crippen LogP) is 4.58. The van der Waals surface area contributed by atoms with Crippen LogP contribution in [0.2, 0.25) is 0 Å². The molecule has 0 unspecified atom stereocenters. The fourth-order valence-electron chi connectivity index (χ4n) is 1.87. The Morgan fingerprint density at radius 1 is 1.00 bits per heavy atom. The number of halogens is 3. The topological polar surface area (TPSA) is 17.1 Å². The van der Waals surface area contributed by atoms with Crippen LogP contribution in [0.1, 0.15) is 22.8 Å². The van der Waals surface area contributed by atoms with Crippen LogP contribution in [0.5, 0.6) is 0 Å². The molecule has 0 aliphatic rings. The standard InChI is InChI=1S/C15H11F3O/c1-10(19)12-7-8-13(11-5-3-2-4-6-11)14(9-12)15(16,17)18/h2-9H,1H3. The maximum Gasteiger partial charge on any atom is 0.417 e. The Morgan fingerprint density at radius 3 is 2.16 bits per heavy atom. The average Bonchev–Trinajstić information content (AvgIpc) is 2.38. The van der Waals surface area contributed by atoms with Gasteiger partial charge in [0.2, 0.25) is 0 Å². The number of benzene rings is 2. The maximum absolute atomic E-state index is 13.1. The first-order valence-corrected chi connectivity index (χ1v) is 5.67. The molecule has 0 fully saturated rings. The molecular weight excluding hydrogens is 253 g/mol. The van der Waals surface area contributed by atoms with Gasteiger partial charge >= 0.3 is 6.18 Å². The highest BCUT2D eigenvalue weighted by Crippen LogP contribution is 2.37. The van der Waals surface area contributed by atoms with Crippen molar-refractivity contribution in [1.82, 2.24) is 0 Å². The SMILES string of the molecule is CC(=O)c1ccc(-c2ccccc2)c(C(F)(F)F)c1. The molecule has 0 aliphatic carbocycles. The van der Waals surface area contributed by atoms with Crippen molar-refractivity contribution >= 4 is 5.78 Å². The number of rotatable bonds is 2. The minimum absolute atomic E-state index is 0.0620. The van der Waals surface area contributed by atoms with E-state index < -0.39 is 11.7 Å². The van der Waals surface area contributed by atoms with E-state index >= 15 is 0 Å². The van der Waals surface area contributed by atoms with E-state index in [1.54, 1.807) is 30.3 Å². The number of ketones is 1. The largest absolute Gasteiger partial charge is 0.417 e. The highest BCUT2D eigenvalue weighted by Gasteiger charge is 2.34. The number of carbonyl (C=O) groups is 1. The molecule has 0 saturated carbocycles. The smallest absolute Gasteiger partial charge is 0.295 e. The zero-order valence-corrected chi connectivity index (χ0v) is 10.2. The first-order chi connectivity index (χ1) is 8.89. The molecule has 0 heterocycles. The van der Waals surface area contributed by atoms with Crippen molar-refractivity contribution in [1.29, 1.82) is 0 Å². The van der Waals surface area contributed by atoms with E-state index in [0.29, 0.717) is 5.56 Å². The Hall–Kier alpha value is -2.10. The van der Waals surface area contributed by atoms with E-state index in [-0.39, 0.29) is 16.9 Å². The second-order valence-corrected chi connectivity index (χ2v) is 4.18. The Labute approximate surface area is 108 Å². The van der Waals surface area contributed by atoms with Crippen LogP contribution in [0.25, 0.3) is 11.1 Å². The van der Waals surface area contributed by atoms with E-state index in [0.717, 1.165) is 6.07 Å². The Balaban J connectivity index is 2.65. The first-order valence-electron chi connectivity index (χ1n) is 5.67. The summed E-state index contributed by atoms with van der Waals surface area (Å²) in [5.74, 6) is -0.384. The van der Waals surface area contributed by atoms with Gasteiger partial charge in [-0.05, 0) is 24.1 Å². The fraction of sp³-hybridized carbons (Fsp3) is 0.133. The van der Waals surface area contributed by atoms with Crippen LogP contribution in [0, 0.1) is 0 Å². The van der Waals surface area contributed by atoms with Gasteiger partial charge in [0, 0.05) is 5.56 Å². The molecule has 2 aromatic rings. The molecule has 4 heteroatoms. The normalized spacial score (nSPS) is 11.4. The lowest BCUT2D eigenvalue weighted by Crippen LogP contribution is -2.09. The van der Waals surface area contributed by atoms with Crippen molar-refractivity contribution < 1.29 is 18.0 Å². The van der Waals surface area contributed by atoms with Crippen LogP contribution < -0.4 is 0 Å². The van der Waals surface area contributed by atoms with Crippen molar-refractivity contribution in [3.8, 4) is 11.1 Å². The third-order valence-corrected chi connectivity index (χ3v) is 2.82. The van der Waals surface area contributed by atoms with Crippen LogP contribution in [-0.4, -0.2) is 5.78 Å². The summed E-state index contributed by atoms with van der Waals surface area (Å²) >= 11 is 0. The summed E-state index contributed by atoms with van der Waals surface area (Å²) in [6.45, 7) is 1.25. The summed E-state index contributed by atoms with van der Waals surface area (Å²) in [6.07, 6.45) is -4.49. The number of alkyl halides is 3. The van der Waals surface area contributed by atoms with Crippen molar-refractivity contribution in [2.45, 2.75) is 13.1 Å². The summed E-state index contributed by atoms with van der Waals surface area (Å²) < 4.78 is 39.2. The predicted molar refractivity (Wildman–Crippen MR) is 66.9 cm³/mol. The van der Waals surface area contributed by atoms with E-state index in [1.165, 1.54) is 19.1 Å². The van der Waals surface area contributed by atoms with Crippen LogP contribution in [0.4, 0.5) is 13.2 Å². The van der Waals surface area contributed by atoms with Crippen molar-refractivity contribution in [3.05, 3.63) is 59.7 Å². The van der Waals surface area contributed by atoms with Crippen molar-refractivity contribution in [2.24, 2.45) is 0 Å². The number of carbonyl (C=O) groups excluding carboxylic acids is 1. The molecule has 0 aromatic heterocycles. The van der Waals surface area contributed by atoms with Crippen LogP contribution in [0.15, 0.2) is 48.5 Å². The monoisotopic (exact) mass is 264 g/mol. The van der Waals surface area contributed by atoms with Gasteiger partial charge in [0.05, 0.1) is 5.56 Å². The van der Waals surface area contributed by atoms with Gasteiger partial charge < -0.3 is 0 Å². The van der Waals surface area contributed by atoms with Crippen LogP contribution in [-0.2, 0) is 6.18 Å². The third-order valence-electron chi connectivity index (χ3n) is 2.82. The molecule has 2 aromatic carbocycles. The van der Waals surface area contributed by atoms with Gasteiger partial charge in [0.1, 0.15) is 0 Å². The first kappa shape index (κ1) is 13.3. The maximum atomic E-state index is 13.1. The molecule has 0 N–H and O–H groups in total. The molecule has 0 bridgehead atoms. The van der Waals surface area contributed by atoms with Gasteiger partial charge in [-0.1, -0.05) is 42.5 Å². The Morgan fingerprint density at radius 2 is 1.63 bits per heavy atom. The summed E-state index contributed by atoms with van der Waals surface area (Å²) in [5.41, 5.74) is -0.165. The molecule has 98 valence electrons. The van der Waals surface area contributed by atoms with Gasteiger partial charge in [-0.25, -0.2) is 0 Å². The molecule has 0 atom stereocenters. The van der Waals surface area contributed by atoms with Crippen molar-refractivity contribution in [3.63, 3.8) is 0 Å². The quantitative estimate of drug-likeness (QED) is 0.726. The third kappa shape index (κ3) is 2.84. The lowest BCUT2D eigenvalue weighted by molar-refractivity contribution is -0.137. The molecule has 0 amide bonds. The molecule has 19 heavy (non-hydrogen) atoms. The average molecular weight is 264 g/mol. The lowest BCUT2D eigenvalue weighted by atomic mass is 9.96. The highest BCUT2D eigenvalue weighted by molar-refractivity contribution is 5.95. The van der Waals surface area contributed by atoms with E-state index in [9.17, 15) is 18.0 Å². The van der Waals surface area contributed by atoms with Gasteiger partial charge in [-0.2, -0.15) is 13.2 Å². The number of hydrogen-bond donors (Lipinski definition) is 0. The molecule has 0 spiro atoms. The molecule has 0 radical (unpaired) electrons. The molecular formula is C15H11F3O. The molecule has 0 aliphatic heterocycles. The highest BCUT2D eigenvalue weighted by atomic mass is 19.4. The summed E-state index contributed by atoms with van der Waals surface area (Å²) in [5, 5.41) is 0. The van der Waals surface area contributed by atoms with Crippen LogP contribution >= 0.6 is 0 Å². The van der Waals surface area contributed by atoms with Crippen molar-refractivity contribution in [2.75, 3.05) is 0 Å². The second-order valence-electron chi connectivity index (χ2n) is 4.18. The zero-order chi connectivity index (χ0) is 14.0. The summed E-state index contributed by atoms with van der Waals surface area (Å²) in [6, 6.07) is 12.0.